The van der Waals surface area contributed by atoms with E-state index in [1.54, 1.807) is 37.3 Å². The number of hydrogen-bond donors (Lipinski definition) is 1. The van der Waals surface area contributed by atoms with Crippen LogP contribution in [0.3, 0.4) is 0 Å². The Hall–Kier alpha value is -2.00. The van der Waals surface area contributed by atoms with Crippen LogP contribution in [0.2, 0.25) is 15.1 Å². The fraction of sp³-hybridized carbons (Fsp3) is 0.364. The highest BCUT2D eigenvalue weighted by Crippen LogP contribution is 2.33. The molecule has 0 saturated carbocycles. The van der Waals surface area contributed by atoms with Gasteiger partial charge in [-0.15, -0.1) is 0 Å². The zero-order valence-corrected chi connectivity index (χ0v) is 21.6. The van der Waals surface area contributed by atoms with Crippen LogP contribution in [-0.2, 0) is 26.2 Å². The molecule has 2 amide bonds. The van der Waals surface area contributed by atoms with E-state index < -0.39 is 28.5 Å². The molecule has 0 aliphatic heterocycles. The van der Waals surface area contributed by atoms with Gasteiger partial charge in [0.05, 0.1) is 22.0 Å². The number of rotatable bonds is 10. The molecule has 0 spiro atoms. The number of halogens is 3. The van der Waals surface area contributed by atoms with Gasteiger partial charge in [-0.05, 0) is 43.2 Å². The number of sulfonamides is 1. The molecule has 7 nitrogen and oxygen atoms in total. The van der Waals surface area contributed by atoms with E-state index in [1.165, 1.54) is 17.0 Å². The third kappa shape index (κ3) is 7.50. The van der Waals surface area contributed by atoms with Crippen molar-refractivity contribution in [2.45, 2.75) is 32.9 Å². The van der Waals surface area contributed by atoms with E-state index in [0.717, 1.165) is 22.5 Å². The summed E-state index contributed by atoms with van der Waals surface area (Å²) in [5, 5.41) is 3.46. The molecule has 0 aromatic heterocycles. The molecular formula is C22H26Cl3N3O4S. The van der Waals surface area contributed by atoms with Crippen LogP contribution in [0, 0.1) is 0 Å². The van der Waals surface area contributed by atoms with Crippen LogP contribution >= 0.6 is 34.8 Å². The highest BCUT2D eigenvalue weighted by molar-refractivity contribution is 7.92. The van der Waals surface area contributed by atoms with Crippen LogP contribution in [-0.4, -0.2) is 50.5 Å². The molecule has 0 radical (unpaired) electrons. The third-order valence-electron chi connectivity index (χ3n) is 4.86. The number of benzene rings is 2. The molecule has 0 aliphatic carbocycles. The van der Waals surface area contributed by atoms with E-state index >= 15 is 0 Å². The van der Waals surface area contributed by atoms with Crippen molar-refractivity contribution >= 4 is 62.3 Å². The average molecular weight is 535 g/mol. The molecule has 33 heavy (non-hydrogen) atoms. The molecule has 1 N–H and O–H groups in total. The van der Waals surface area contributed by atoms with Gasteiger partial charge in [-0.25, -0.2) is 8.42 Å². The molecule has 2 aromatic carbocycles. The van der Waals surface area contributed by atoms with Crippen LogP contribution in [0.25, 0.3) is 0 Å². The van der Waals surface area contributed by atoms with Crippen LogP contribution in [0.5, 0.6) is 0 Å². The lowest BCUT2D eigenvalue weighted by atomic mass is 10.1. The van der Waals surface area contributed by atoms with E-state index in [9.17, 15) is 18.0 Å². The third-order valence-corrected chi connectivity index (χ3v) is 7.05. The molecule has 11 heteroatoms. The molecule has 180 valence electrons. The van der Waals surface area contributed by atoms with Gasteiger partial charge in [-0.2, -0.15) is 0 Å². The molecular weight excluding hydrogens is 509 g/mol. The quantitative estimate of drug-likeness (QED) is 0.491. The number of nitrogens with one attached hydrogen (secondary N) is 1. The summed E-state index contributed by atoms with van der Waals surface area (Å²) in [7, 11) is -3.90. The van der Waals surface area contributed by atoms with Crippen molar-refractivity contribution in [1.29, 1.82) is 0 Å². The Morgan fingerprint density at radius 1 is 1.06 bits per heavy atom. The number of amides is 2. The molecule has 0 heterocycles. The normalized spacial score (nSPS) is 12.2. The monoisotopic (exact) mass is 533 g/mol. The maximum Gasteiger partial charge on any atom is 0.244 e. The van der Waals surface area contributed by atoms with Gasteiger partial charge in [0.1, 0.15) is 12.6 Å². The first-order valence-electron chi connectivity index (χ1n) is 10.2. The molecule has 0 unspecified atom stereocenters. The van der Waals surface area contributed by atoms with Crippen molar-refractivity contribution in [1.82, 2.24) is 10.2 Å². The Morgan fingerprint density at radius 2 is 1.70 bits per heavy atom. The Bertz CT molecular complexity index is 1090. The SMILES string of the molecule is CCCNC(=O)[C@@H](C)N(Cc1ccc(Cl)cc1)C(=O)CN(c1cccc(Cl)c1Cl)S(C)(=O)=O. The van der Waals surface area contributed by atoms with Gasteiger partial charge in [0.2, 0.25) is 21.8 Å². The number of anilines is 1. The highest BCUT2D eigenvalue weighted by atomic mass is 35.5. The number of carbonyl (C=O) groups is 2. The minimum Gasteiger partial charge on any atom is -0.354 e. The van der Waals surface area contributed by atoms with Crippen molar-refractivity contribution in [3.8, 4) is 0 Å². The number of nitrogens with zero attached hydrogens (tertiary/aromatic N) is 2. The lowest BCUT2D eigenvalue weighted by Gasteiger charge is -2.31. The molecule has 0 fully saturated rings. The summed E-state index contributed by atoms with van der Waals surface area (Å²) in [5.74, 6) is -0.920. The summed E-state index contributed by atoms with van der Waals surface area (Å²) >= 11 is 18.2. The molecule has 0 saturated heterocycles. The van der Waals surface area contributed by atoms with Crippen LogP contribution in [0.1, 0.15) is 25.8 Å². The molecule has 0 bridgehead atoms. The van der Waals surface area contributed by atoms with Crippen LogP contribution < -0.4 is 9.62 Å². The summed E-state index contributed by atoms with van der Waals surface area (Å²) in [6, 6.07) is 10.5. The maximum absolute atomic E-state index is 13.4. The van der Waals surface area contributed by atoms with Crippen molar-refractivity contribution in [3.63, 3.8) is 0 Å². The topological polar surface area (TPSA) is 86.8 Å². The summed E-state index contributed by atoms with van der Waals surface area (Å²) < 4.78 is 26.0. The van der Waals surface area contributed by atoms with E-state index in [2.05, 4.69) is 5.32 Å². The van der Waals surface area contributed by atoms with E-state index in [4.69, 9.17) is 34.8 Å². The van der Waals surface area contributed by atoms with Gasteiger partial charge in [-0.3, -0.25) is 13.9 Å². The predicted octanol–water partition coefficient (Wildman–Crippen LogP) is 4.36. The first-order chi connectivity index (χ1) is 15.5. The smallest absolute Gasteiger partial charge is 0.244 e. The van der Waals surface area contributed by atoms with Gasteiger partial charge < -0.3 is 10.2 Å². The number of carbonyl (C=O) groups excluding carboxylic acids is 2. The minimum absolute atomic E-state index is 0.00961. The minimum atomic E-state index is -3.90. The zero-order chi connectivity index (χ0) is 24.8. The van der Waals surface area contributed by atoms with Crippen molar-refractivity contribution in [2.24, 2.45) is 0 Å². The van der Waals surface area contributed by atoms with Crippen molar-refractivity contribution < 1.29 is 18.0 Å². The van der Waals surface area contributed by atoms with Gasteiger partial charge >= 0.3 is 0 Å². The Balaban J connectivity index is 2.40. The average Bonchev–Trinajstić information content (AvgIpc) is 2.76. The fourth-order valence-corrected chi connectivity index (χ4v) is 4.47. The second-order valence-electron chi connectivity index (χ2n) is 7.46. The zero-order valence-electron chi connectivity index (χ0n) is 18.5. The Morgan fingerprint density at radius 3 is 2.27 bits per heavy atom. The van der Waals surface area contributed by atoms with Gasteiger partial charge in [-0.1, -0.05) is 59.9 Å². The van der Waals surface area contributed by atoms with Gasteiger partial charge in [0, 0.05) is 18.1 Å². The van der Waals surface area contributed by atoms with Crippen LogP contribution in [0.15, 0.2) is 42.5 Å². The largest absolute Gasteiger partial charge is 0.354 e. The summed E-state index contributed by atoms with van der Waals surface area (Å²) in [5.41, 5.74) is 0.809. The summed E-state index contributed by atoms with van der Waals surface area (Å²) in [4.78, 5) is 27.4. The van der Waals surface area contributed by atoms with E-state index in [1.807, 2.05) is 6.92 Å². The summed E-state index contributed by atoms with van der Waals surface area (Å²) in [6.45, 7) is 3.49. The first kappa shape index (κ1) is 27.2. The van der Waals surface area contributed by atoms with Gasteiger partial charge in [0.25, 0.3) is 0 Å². The Kier molecular flexibility index (Phi) is 9.84. The lowest BCUT2D eigenvalue weighted by Crippen LogP contribution is -2.51. The maximum atomic E-state index is 13.4. The second kappa shape index (κ2) is 11.9. The standard InChI is InChI=1S/C22H26Cl3N3O4S/c1-4-12-26-22(30)15(2)27(13-16-8-10-17(23)11-9-16)20(29)14-28(33(3,31)32)19-7-5-6-18(24)21(19)25/h5-11,15H,4,12-14H2,1-3H3,(H,26,30)/t15-/m1/s1. The van der Waals surface area contributed by atoms with Crippen molar-refractivity contribution in [3.05, 3.63) is 63.1 Å². The summed E-state index contributed by atoms with van der Waals surface area (Å²) in [6.07, 6.45) is 1.71. The molecule has 0 aliphatic rings. The van der Waals surface area contributed by atoms with Crippen LogP contribution in [0.4, 0.5) is 5.69 Å². The van der Waals surface area contributed by atoms with Gasteiger partial charge in [0.15, 0.2) is 0 Å². The molecule has 2 aromatic rings. The second-order valence-corrected chi connectivity index (χ2v) is 10.6. The predicted molar refractivity (Wildman–Crippen MR) is 133 cm³/mol. The molecule has 2 rings (SSSR count). The highest BCUT2D eigenvalue weighted by Gasteiger charge is 2.31. The molecule has 1 atom stereocenters. The lowest BCUT2D eigenvalue weighted by molar-refractivity contribution is -0.139. The fourth-order valence-electron chi connectivity index (χ4n) is 3.04. The van der Waals surface area contributed by atoms with E-state index in [0.29, 0.717) is 11.6 Å². The number of hydrogen-bond acceptors (Lipinski definition) is 4. The van der Waals surface area contributed by atoms with Crippen molar-refractivity contribution in [2.75, 3.05) is 23.7 Å². The van der Waals surface area contributed by atoms with E-state index in [-0.39, 0.29) is 28.2 Å². The Labute approximate surface area is 209 Å². The first-order valence-corrected chi connectivity index (χ1v) is 13.2.